The van der Waals surface area contributed by atoms with Gasteiger partial charge in [-0.05, 0) is 27.7 Å². The smallest absolute Gasteiger partial charge is 0.335 e. The van der Waals surface area contributed by atoms with Gasteiger partial charge in [-0.1, -0.05) is 85.7 Å². The lowest BCUT2D eigenvalue weighted by atomic mass is 10.1. The van der Waals surface area contributed by atoms with Gasteiger partial charge >= 0.3 is 17.1 Å². The van der Waals surface area contributed by atoms with E-state index in [1.54, 1.807) is 0 Å². The van der Waals surface area contributed by atoms with Crippen molar-refractivity contribution in [2.45, 2.75) is 102 Å². The summed E-state index contributed by atoms with van der Waals surface area (Å²) in [5.41, 5.74) is 2.65. The summed E-state index contributed by atoms with van der Waals surface area (Å²) >= 11 is 0. The van der Waals surface area contributed by atoms with Crippen LogP contribution in [-0.2, 0) is 17.7 Å². The Labute approximate surface area is 179 Å². The molecule has 2 fully saturated rings. The molecule has 3 atom stereocenters. The van der Waals surface area contributed by atoms with Crippen molar-refractivity contribution in [1.82, 2.24) is 0 Å². The summed E-state index contributed by atoms with van der Waals surface area (Å²) in [7, 11) is -5.03. The summed E-state index contributed by atoms with van der Waals surface area (Å²) in [4.78, 5) is 0. The second kappa shape index (κ2) is 8.93. The number of rotatable bonds is 5. The molecule has 0 aliphatic carbocycles. The van der Waals surface area contributed by atoms with Crippen LogP contribution in [0.1, 0.15) is 73.5 Å². The topological polar surface area (TPSA) is 36.9 Å². The Bertz CT molecular complexity index is 646. The molecule has 1 aromatic rings. The van der Waals surface area contributed by atoms with Crippen LogP contribution >= 0.6 is 0 Å². The lowest BCUT2D eigenvalue weighted by Gasteiger charge is -2.51. The van der Waals surface area contributed by atoms with E-state index in [0.29, 0.717) is 28.8 Å². The number of hydrogen-bond acceptors (Lipinski definition) is 4. The highest BCUT2D eigenvalue weighted by Crippen LogP contribution is 2.48. The third kappa shape index (κ3) is 4.30. The largest absolute Gasteiger partial charge is 0.414 e. The molecule has 4 nitrogen and oxygen atoms in total. The molecule has 1 aromatic carbocycles. The molecule has 1 unspecified atom stereocenters. The molecule has 164 valence electrons. The van der Waals surface area contributed by atoms with Crippen molar-refractivity contribution in [3.63, 3.8) is 0 Å². The van der Waals surface area contributed by atoms with Crippen molar-refractivity contribution in [3.8, 4) is 0 Å². The van der Waals surface area contributed by atoms with Gasteiger partial charge in [0, 0.05) is 6.42 Å². The average molecular weight is 437 g/mol. The molecule has 2 aliphatic rings. The maximum Gasteiger partial charge on any atom is 0.335 e. The summed E-state index contributed by atoms with van der Waals surface area (Å²) in [6, 6.07) is 10.5. The predicted octanol–water partition coefficient (Wildman–Crippen LogP) is 6.47. The average Bonchev–Trinajstić information content (AvgIpc) is 3.04. The summed E-state index contributed by atoms with van der Waals surface area (Å²) in [6.07, 6.45) is 0.932. The fraction of sp³-hybridized carbons (Fsp3) is 0.739. The maximum atomic E-state index is 7.24. The lowest BCUT2D eigenvalue weighted by molar-refractivity contribution is -0.0385. The van der Waals surface area contributed by atoms with Gasteiger partial charge < -0.3 is 17.7 Å². The number of fused-ring (bicyclic) bond motifs is 1. The van der Waals surface area contributed by atoms with Gasteiger partial charge in [0.1, 0.15) is 6.10 Å². The third-order valence-corrected chi connectivity index (χ3v) is 17.0. The van der Waals surface area contributed by atoms with E-state index >= 15 is 0 Å². The maximum absolute atomic E-state index is 7.24. The van der Waals surface area contributed by atoms with Crippen molar-refractivity contribution in [1.29, 1.82) is 0 Å². The number of ether oxygens (including phenoxy) is 1. The second-order valence-electron chi connectivity index (χ2n) is 9.94. The molecule has 0 aromatic heterocycles. The van der Waals surface area contributed by atoms with Gasteiger partial charge in [0.15, 0.2) is 0 Å². The summed E-state index contributed by atoms with van der Waals surface area (Å²) < 4.78 is 27.6. The molecule has 2 heterocycles. The third-order valence-electron chi connectivity index (χ3n) is 6.72. The molecule has 29 heavy (non-hydrogen) atoms. The van der Waals surface area contributed by atoms with Gasteiger partial charge in [0.05, 0.1) is 18.8 Å². The molecule has 0 saturated carbocycles. The van der Waals surface area contributed by atoms with Crippen LogP contribution in [0.3, 0.4) is 0 Å². The van der Waals surface area contributed by atoms with Crippen molar-refractivity contribution in [2.24, 2.45) is 0 Å². The standard InChI is InChI=1S/C23H40O4Si2/c1-16(2)28(17(3)4)24-15-23-22(26-29(27-28,18(5)6)19(7)8)14-21(25-23)20-12-10-9-11-13-20/h9-13,16-19,21-23H,14-15H2,1-8H3/t21?,22-,23+/m0/s1. The highest BCUT2D eigenvalue weighted by atomic mass is 28.5. The molecular formula is C23H40O4Si2. The van der Waals surface area contributed by atoms with E-state index in [1.165, 1.54) is 5.56 Å². The highest BCUT2D eigenvalue weighted by molar-refractivity contribution is 6.83. The van der Waals surface area contributed by atoms with E-state index in [9.17, 15) is 0 Å². The van der Waals surface area contributed by atoms with Crippen LogP contribution in [0.25, 0.3) is 0 Å². The van der Waals surface area contributed by atoms with E-state index in [4.69, 9.17) is 17.7 Å². The molecule has 3 rings (SSSR count). The minimum Gasteiger partial charge on any atom is -0.414 e. The Morgan fingerprint density at radius 3 is 1.83 bits per heavy atom. The molecular weight excluding hydrogens is 396 g/mol. The molecule has 0 radical (unpaired) electrons. The van der Waals surface area contributed by atoms with Gasteiger partial charge in [-0.25, -0.2) is 0 Å². The van der Waals surface area contributed by atoms with E-state index in [-0.39, 0.29) is 18.3 Å². The molecule has 0 spiro atoms. The van der Waals surface area contributed by atoms with E-state index in [1.807, 2.05) is 0 Å². The van der Waals surface area contributed by atoms with Crippen molar-refractivity contribution >= 4 is 17.1 Å². The van der Waals surface area contributed by atoms with Gasteiger partial charge in [-0.2, -0.15) is 0 Å². The van der Waals surface area contributed by atoms with Gasteiger partial charge in [0.25, 0.3) is 0 Å². The van der Waals surface area contributed by atoms with Gasteiger partial charge in [0.2, 0.25) is 0 Å². The van der Waals surface area contributed by atoms with Crippen LogP contribution < -0.4 is 0 Å². The van der Waals surface area contributed by atoms with Crippen LogP contribution in [-0.4, -0.2) is 35.9 Å². The predicted molar refractivity (Wildman–Crippen MR) is 122 cm³/mol. The Kier molecular flexibility index (Phi) is 7.13. The SMILES string of the molecule is CC(C)[Si]1(C(C)C)OC[C@H]2OC(c3ccccc3)C[C@@H]2O[Si](C(C)C)(C(C)C)O1. The quantitative estimate of drug-likeness (QED) is 0.495. The Morgan fingerprint density at radius 1 is 0.759 bits per heavy atom. The van der Waals surface area contributed by atoms with Crippen molar-refractivity contribution in [2.75, 3.05) is 6.61 Å². The summed E-state index contributed by atoms with van der Waals surface area (Å²) in [5, 5.41) is 0. The number of hydrogen-bond donors (Lipinski definition) is 0. The first-order valence-corrected chi connectivity index (χ1v) is 15.3. The highest BCUT2D eigenvalue weighted by Gasteiger charge is 2.60. The fourth-order valence-electron chi connectivity index (χ4n) is 5.03. The first kappa shape index (κ1) is 23.2. The normalized spacial score (nSPS) is 29.3. The van der Waals surface area contributed by atoms with E-state index < -0.39 is 17.1 Å². The van der Waals surface area contributed by atoms with Gasteiger partial charge in [-0.15, -0.1) is 0 Å². The minimum absolute atomic E-state index is 0.0298. The monoisotopic (exact) mass is 436 g/mol. The van der Waals surface area contributed by atoms with Gasteiger partial charge in [-0.3, -0.25) is 0 Å². The van der Waals surface area contributed by atoms with E-state index in [2.05, 4.69) is 85.7 Å². The van der Waals surface area contributed by atoms with Crippen LogP contribution in [0, 0.1) is 0 Å². The Hall–Kier alpha value is -0.506. The fourth-order valence-corrected chi connectivity index (χ4v) is 16.2. The molecule has 6 heteroatoms. The molecule has 0 bridgehead atoms. The van der Waals surface area contributed by atoms with Crippen molar-refractivity contribution in [3.05, 3.63) is 35.9 Å². The molecule has 2 saturated heterocycles. The second-order valence-corrected chi connectivity index (χ2v) is 18.8. The number of benzene rings is 1. The van der Waals surface area contributed by atoms with Crippen molar-refractivity contribution < 1.29 is 17.7 Å². The van der Waals surface area contributed by atoms with Crippen LogP contribution in [0.15, 0.2) is 30.3 Å². The summed E-state index contributed by atoms with van der Waals surface area (Å²) in [5.74, 6) is 0. The van der Waals surface area contributed by atoms with Crippen LogP contribution in [0.5, 0.6) is 0 Å². The van der Waals surface area contributed by atoms with Crippen LogP contribution in [0.4, 0.5) is 0 Å². The molecule has 0 N–H and O–H groups in total. The first-order valence-electron chi connectivity index (χ1n) is 11.3. The first-order chi connectivity index (χ1) is 13.6. The Morgan fingerprint density at radius 2 is 1.31 bits per heavy atom. The van der Waals surface area contributed by atoms with Crippen LogP contribution in [0.2, 0.25) is 22.2 Å². The van der Waals surface area contributed by atoms with E-state index in [0.717, 1.165) is 6.42 Å². The molecule has 2 aliphatic heterocycles. The zero-order chi connectivity index (χ0) is 21.4. The molecule has 0 amide bonds. The Balaban J connectivity index is 1.99. The zero-order valence-electron chi connectivity index (χ0n) is 19.5. The zero-order valence-corrected chi connectivity index (χ0v) is 21.5. The lowest BCUT2D eigenvalue weighted by Crippen LogP contribution is -2.65. The summed E-state index contributed by atoms with van der Waals surface area (Å²) in [6.45, 7) is 18.7. The minimum atomic E-state index is -2.54.